The summed E-state index contributed by atoms with van der Waals surface area (Å²) < 4.78 is 5.14. The zero-order valence-electron chi connectivity index (χ0n) is 12.7. The van der Waals surface area contributed by atoms with Gasteiger partial charge >= 0.3 is 0 Å². The zero-order valence-corrected chi connectivity index (χ0v) is 13.4. The lowest BCUT2D eigenvalue weighted by molar-refractivity contribution is 0.206. The first-order valence-electron chi connectivity index (χ1n) is 7.01. The molecule has 0 radical (unpaired) electrons. The van der Waals surface area contributed by atoms with Crippen molar-refractivity contribution in [2.75, 3.05) is 38.3 Å². The molecule has 0 saturated carbocycles. The van der Waals surface area contributed by atoms with E-state index in [0.29, 0.717) is 12.6 Å². The molecule has 1 aromatic carbocycles. The predicted molar refractivity (Wildman–Crippen MR) is 87.8 cm³/mol. The van der Waals surface area contributed by atoms with Crippen molar-refractivity contribution in [3.8, 4) is 0 Å². The normalized spacial score (nSPS) is 12.2. The van der Waals surface area contributed by atoms with Gasteiger partial charge in [-0.3, -0.25) is 0 Å². The molecule has 0 amide bonds. The Hall–Kier alpha value is -1.03. The maximum atomic E-state index is 6.44. The number of hydrogen-bond donors (Lipinski definition) is 1. The third-order valence-corrected chi connectivity index (χ3v) is 3.54. The molecule has 3 nitrogen and oxygen atoms in total. The Bertz CT molecular complexity index is 423. The third kappa shape index (κ3) is 4.82. The van der Waals surface area contributed by atoms with Gasteiger partial charge in [0.05, 0.1) is 17.3 Å². The number of nitrogens with one attached hydrogen (secondary N) is 1. The van der Waals surface area contributed by atoms with Crippen LogP contribution in [0.15, 0.2) is 30.9 Å². The highest BCUT2D eigenvalue weighted by Gasteiger charge is 2.12. The highest BCUT2D eigenvalue weighted by atomic mass is 35.5. The second kappa shape index (κ2) is 9.01. The number of anilines is 1. The van der Waals surface area contributed by atoms with Gasteiger partial charge in [0.1, 0.15) is 0 Å². The quantitative estimate of drug-likeness (QED) is 0.704. The molecule has 0 saturated heterocycles. The lowest BCUT2D eigenvalue weighted by Crippen LogP contribution is -2.27. The Kier molecular flexibility index (Phi) is 7.67. The van der Waals surface area contributed by atoms with E-state index in [1.165, 1.54) is 5.56 Å². The lowest BCUT2D eigenvalue weighted by atomic mass is 10.1. The Morgan fingerprint density at radius 1 is 1.50 bits per heavy atom. The topological polar surface area (TPSA) is 24.5 Å². The lowest BCUT2D eigenvalue weighted by Gasteiger charge is -2.25. The van der Waals surface area contributed by atoms with Crippen LogP contribution in [0.2, 0.25) is 5.02 Å². The summed E-state index contributed by atoms with van der Waals surface area (Å²) in [5, 5.41) is 4.16. The van der Waals surface area contributed by atoms with Crippen LogP contribution in [0.5, 0.6) is 0 Å². The highest BCUT2D eigenvalue weighted by molar-refractivity contribution is 6.33. The SMILES string of the molecule is C=CCN(CCOC)c1ccc(C(C)NCC)cc1Cl. The van der Waals surface area contributed by atoms with Crippen LogP contribution in [0.4, 0.5) is 5.69 Å². The molecule has 1 rings (SSSR count). The molecule has 0 aliphatic rings. The number of rotatable bonds is 9. The van der Waals surface area contributed by atoms with Crippen LogP contribution in [0.25, 0.3) is 0 Å². The van der Waals surface area contributed by atoms with Crippen molar-refractivity contribution < 1.29 is 4.74 Å². The van der Waals surface area contributed by atoms with Gasteiger partial charge in [0.15, 0.2) is 0 Å². The number of ether oxygens (including phenoxy) is 1. The first-order valence-corrected chi connectivity index (χ1v) is 7.39. The molecular weight excluding hydrogens is 272 g/mol. The van der Waals surface area contributed by atoms with Gasteiger partial charge in [-0.05, 0) is 31.2 Å². The van der Waals surface area contributed by atoms with E-state index in [0.717, 1.165) is 30.3 Å². The van der Waals surface area contributed by atoms with Crippen LogP contribution in [-0.2, 0) is 4.74 Å². The zero-order chi connectivity index (χ0) is 15.0. The second-order valence-electron chi connectivity index (χ2n) is 4.72. The van der Waals surface area contributed by atoms with Crippen molar-refractivity contribution in [3.63, 3.8) is 0 Å². The molecule has 1 N–H and O–H groups in total. The van der Waals surface area contributed by atoms with E-state index in [4.69, 9.17) is 16.3 Å². The molecule has 1 atom stereocenters. The fourth-order valence-electron chi connectivity index (χ4n) is 2.14. The Balaban J connectivity index is 2.91. The number of methoxy groups -OCH3 is 1. The molecule has 0 aliphatic heterocycles. The Morgan fingerprint density at radius 3 is 2.80 bits per heavy atom. The van der Waals surface area contributed by atoms with Gasteiger partial charge in [0, 0.05) is 26.2 Å². The van der Waals surface area contributed by atoms with Crippen molar-refractivity contribution in [1.82, 2.24) is 5.32 Å². The first kappa shape index (κ1) is 17.0. The molecule has 20 heavy (non-hydrogen) atoms. The van der Waals surface area contributed by atoms with Crippen molar-refractivity contribution >= 4 is 17.3 Å². The van der Waals surface area contributed by atoms with E-state index in [1.54, 1.807) is 7.11 Å². The molecule has 0 heterocycles. The number of halogens is 1. The van der Waals surface area contributed by atoms with Crippen LogP contribution in [0.1, 0.15) is 25.5 Å². The molecule has 0 aliphatic carbocycles. The summed E-state index contributed by atoms with van der Waals surface area (Å²) in [7, 11) is 1.70. The van der Waals surface area contributed by atoms with Gasteiger partial charge < -0.3 is 15.0 Å². The third-order valence-electron chi connectivity index (χ3n) is 3.24. The summed E-state index contributed by atoms with van der Waals surface area (Å²) in [6.45, 7) is 11.2. The number of benzene rings is 1. The van der Waals surface area contributed by atoms with Crippen LogP contribution in [0.3, 0.4) is 0 Å². The van der Waals surface area contributed by atoms with E-state index >= 15 is 0 Å². The van der Waals surface area contributed by atoms with Gasteiger partial charge in [0.25, 0.3) is 0 Å². The minimum atomic E-state index is 0.304. The maximum Gasteiger partial charge on any atom is 0.0643 e. The molecule has 1 aromatic rings. The molecule has 4 heteroatoms. The Labute approximate surface area is 127 Å². The van der Waals surface area contributed by atoms with E-state index in [-0.39, 0.29) is 0 Å². The number of nitrogens with zero attached hydrogens (tertiary/aromatic N) is 1. The first-order chi connectivity index (χ1) is 9.63. The maximum absolute atomic E-state index is 6.44. The van der Waals surface area contributed by atoms with E-state index in [9.17, 15) is 0 Å². The van der Waals surface area contributed by atoms with Gasteiger partial charge in [-0.2, -0.15) is 0 Å². The summed E-state index contributed by atoms with van der Waals surface area (Å²) in [6.07, 6.45) is 1.88. The standard InChI is InChI=1S/C16H25ClN2O/c1-5-9-19(10-11-20-4)16-8-7-14(12-15(16)17)13(3)18-6-2/h5,7-8,12-13,18H,1,6,9-11H2,2-4H3. The minimum absolute atomic E-state index is 0.304. The Morgan fingerprint density at radius 2 is 2.25 bits per heavy atom. The van der Waals surface area contributed by atoms with E-state index in [1.807, 2.05) is 12.1 Å². The van der Waals surface area contributed by atoms with E-state index in [2.05, 4.69) is 42.8 Å². The van der Waals surface area contributed by atoms with Crippen LogP contribution >= 0.6 is 11.6 Å². The summed E-state index contributed by atoms with van der Waals surface area (Å²) >= 11 is 6.44. The molecule has 112 valence electrons. The fraction of sp³-hybridized carbons (Fsp3) is 0.500. The molecule has 0 bridgehead atoms. The summed E-state index contributed by atoms with van der Waals surface area (Å²) in [5.41, 5.74) is 2.22. The highest BCUT2D eigenvalue weighted by Crippen LogP contribution is 2.29. The monoisotopic (exact) mass is 296 g/mol. The van der Waals surface area contributed by atoms with Crippen molar-refractivity contribution in [1.29, 1.82) is 0 Å². The summed E-state index contributed by atoms with van der Waals surface area (Å²) in [5.74, 6) is 0. The molecule has 0 aromatic heterocycles. The molecule has 1 unspecified atom stereocenters. The average Bonchev–Trinajstić information content (AvgIpc) is 2.44. The molecular formula is C16H25ClN2O. The van der Waals surface area contributed by atoms with Crippen molar-refractivity contribution in [2.24, 2.45) is 0 Å². The van der Waals surface area contributed by atoms with Crippen molar-refractivity contribution in [2.45, 2.75) is 19.9 Å². The van der Waals surface area contributed by atoms with Crippen LogP contribution < -0.4 is 10.2 Å². The predicted octanol–water partition coefficient (Wildman–Crippen LogP) is 3.65. The van der Waals surface area contributed by atoms with Gasteiger partial charge in [0.2, 0.25) is 0 Å². The fourth-order valence-corrected chi connectivity index (χ4v) is 2.45. The molecule has 0 fully saturated rings. The van der Waals surface area contributed by atoms with Crippen LogP contribution in [0, 0.1) is 0 Å². The van der Waals surface area contributed by atoms with E-state index < -0.39 is 0 Å². The summed E-state index contributed by atoms with van der Waals surface area (Å²) in [6, 6.07) is 6.54. The van der Waals surface area contributed by atoms with Gasteiger partial charge in [-0.1, -0.05) is 30.7 Å². The van der Waals surface area contributed by atoms with Crippen LogP contribution in [-0.4, -0.2) is 33.4 Å². The average molecular weight is 297 g/mol. The number of hydrogen-bond acceptors (Lipinski definition) is 3. The largest absolute Gasteiger partial charge is 0.383 e. The van der Waals surface area contributed by atoms with Gasteiger partial charge in [-0.15, -0.1) is 6.58 Å². The van der Waals surface area contributed by atoms with Crippen molar-refractivity contribution in [3.05, 3.63) is 41.4 Å². The summed E-state index contributed by atoms with van der Waals surface area (Å²) in [4.78, 5) is 2.17. The second-order valence-corrected chi connectivity index (χ2v) is 5.12. The molecule has 0 spiro atoms. The minimum Gasteiger partial charge on any atom is -0.383 e. The van der Waals surface area contributed by atoms with Gasteiger partial charge in [-0.25, -0.2) is 0 Å². The smallest absolute Gasteiger partial charge is 0.0643 e.